The Morgan fingerprint density at radius 3 is 2.87 bits per heavy atom. The number of nitrogens with zero attached hydrogens (tertiary/aromatic N) is 1. The van der Waals surface area contributed by atoms with Gasteiger partial charge in [-0.1, -0.05) is 23.2 Å². The van der Waals surface area contributed by atoms with Crippen LogP contribution < -0.4 is 5.73 Å². The van der Waals surface area contributed by atoms with E-state index in [0.29, 0.717) is 6.04 Å². The van der Waals surface area contributed by atoms with Crippen molar-refractivity contribution >= 4 is 23.2 Å². The molecule has 1 aromatic rings. The maximum absolute atomic E-state index is 6.09. The van der Waals surface area contributed by atoms with Crippen LogP contribution in [-0.4, -0.2) is 24.0 Å². The normalized spacial score (nSPS) is 22.2. The van der Waals surface area contributed by atoms with Gasteiger partial charge in [0.15, 0.2) is 0 Å². The summed E-state index contributed by atoms with van der Waals surface area (Å²) >= 11 is 12.0. The van der Waals surface area contributed by atoms with Crippen molar-refractivity contribution in [2.75, 3.05) is 13.1 Å². The first-order valence-electron chi connectivity index (χ1n) is 5.07. The van der Waals surface area contributed by atoms with E-state index in [1.165, 1.54) is 0 Å². The molecule has 1 aliphatic rings. The lowest BCUT2D eigenvalue weighted by molar-refractivity contribution is 0.327. The molecule has 0 unspecified atom stereocenters. The Balaban J connectivity index is 2.07. The van der Waals surface area contributed by atoms with Crippen LogP contribution in [0, 0.1) is 0 Å². The van der Waals surface area contributed by atoms with Crippen LogP contribution in [0.2, 0.25) is 10.0 Å². The van der Waals surface area contributed by atoms with E-state index < -0.39 is 0 Å². The maximum atomic E-state index is 6.09. The summed E-state index contributed by atoms with van der Waals surface area (Å²) in [5.41, 5.74) is 6.93. The Labute approximate surface area is 100.0 Å². The fourth-order valence-corrected chi connectivity index (χ4v) is 2.28. The van der Waals surface area contributed by atoms with Gasteiger partial charge in [0.2, 0.25) is 0 Å². The largest absolute Gasteiger partial charge is 0.326 e. The third kappa shape index (κ3) is 2.85. The summed E-state index contributed by atoms with van der Waals surface area (Å²) in [6.07, 6.45) is 1.07. The second-order valence-corrected chi connectivity index (χ2v) is 4.86. The summed E-state index contributed by atoms with van der Waals surface area (Å²) in [7, 11) is 0. The lowest BCUT2D eigenvalue weighted by Gasteiger charge is -2.16. The van der Waals surface area contributed by atoms with Crippen LogP contribution in [0.4, 0.5) is 0 Å². The lowest BCUT2D eigenvalue weighted by Crippen LogP contribution is -2.26. The van der Waals surface area contributed by atoms with Crippen LogP contribution in [0.1, 0.15) is 12.0 Å². The molecule has 0 amide bonds. The summed E-state index contributed by atoms with van der Waals surface area (Å²) in [6.45, 7) is 2.83. The van der Waals surface area contributed by atoms with E-state index in [0.717, 1.165) is 41.7 Å². The van der Waals surface area contributed by atoms with Crippen molar-refractivity contribution in [1.29, 1.82) is 0 Å². The summed E-state index contributed by atoms with van der Waals surface area (Å²) in [4.78, 5) is 2.31. The van der Waals surface area contributed by atoms with Crippen molar-refractivity contribution in [1.82, 2.24) is 4.90 Å². The first-order chi connectivity index (χ1) is 7.15. The molecule has 1 fully saturated rings. The Kier molecular flexibility index (Phi) is 3.52. The molecule has 2 rings (SSSR count). The average molecular weight is 245 g/mol. The Bertz CT molecular complexity index is 354. The third-order valence-corrected chi connectivity index (χ3v) is 3.31. The molecule has 2 N–H and O–H groups in total. The minimum atomic E-state index is 0.308. The number of nitrogens with two attached hydrogens (primary N) is 1. The second kappa shape index (κ2) is 4.71. The zero-order chi connectivity index (χ0) is 10.8. The molecule has 0 radical (unpaired) electrons. The van der Waals surface area contributed by atoms with Crippen molar-refractivity contribution in [3.63, 3.8) is 0 Å². The van der Waals surface area contributed by atoms with Gasteiger partial charge in [-0.3, -0.25) is 4.90 Å². The summed E-state index contributed by atoms with van der Waals surface area (Å²) in [5, 5.41) is 1.51. The van der Waals surface area contributed by atoms with E-state index >= 15 is 0 Å². The topological polar surface area (TPSA) is 29.3 Å². The first-order valence-corrected chi connectivity index (χ1v) is 5.82. The van der Waals surface area contributed by atoms with E-state index in [2.05, 4.69) is 4.90 Å². The molecule has 2 nitrogen and oxygen atoms in total. The standard InChI is InChI=1S/C11H14Cl2N2/c12-9-1-2-11(13)8(5-9)6-15-4-3-10(14)7-15/h1-2,5,10H,3-4,6-7,14H2/t10-/m1/s1. The van der Waals surface area contributed by atoms with Crippen molar-refractivity contribution in [3.8, 4) is 0 Å². The minimum absolute atomic E-state index is 0.308. The number of benzene rings is 1. The van der Waals surface area contributed by atoms with Crippen LogP contribution in [0.25, 0.3) is 0 Å². The number of rotatable bonds is 2. The van der Waals surface area contributed by atoms with Gasteiger partial charge in [-0.15, -0.1) is 0 Å². The fraction of sp³-hybridized carbons (Fsp3) is 0.455. The monoisotopic (exact) mass is 244 g/mol. The Morgan fingerprint density at radius 2 is 2.20 bits per heavy atom. The van der Waals surface area contributed by atoms with Gasteiger partial charge >= 0.3 is 0 Å². The Morgan fingerprint density at radius 1 is 1.40 bits per heavy atom. The molecule has 0 saturated carbocycles. The first kappa shape index (κ1) is 11.2. The van der Waals surface area contributed by atoms with Crippen LogP contribution in [0.3, 0.4) is 0 Å². The third-order valence-electron chi connectivity index (χ3n) is 2.71. The molecule has 0 aliphatic carbocycles. The van der Waals surface area contributed by atoms with Crippen LogP contribution >= 0.6 is 23.2 Å². The molecule has 1 aliphatic heterocycles. The minimum Gasteiger partial charge on any atom is -0.326 e. The number of hydrogen-bond acceptors (Lipinski definition) is 2. The average Bonchev–Trinajstić information content (AvgIpc) is 2.58. The lowest BCUT2D eigenvalue weighted by atomic mass is 10.2. The van der Waals surface area contributed by atoms with E-state index in [1.54, 1.807) is 0 Å². The van der Waals surface area contributed by atoms with Gasteiger partial charge in [0.05, 0.1) is 0 Å². The maximum Gasteiger partial charge on any atom is 0.0452 e. The van der Waals surface area contributed by atoms with E-state index in [-0.39, 0.29) is 0 Å². The number of hydrogen-bond donors (Lipinski definition) is 1. The predicted octanol–water partition coefficient (Wildman–Crippen LogP) is 2.53. The summed E-state index contributed by atoms with van der Waals surface area (Å²) in [5.74, 6) is 0. The predicted molar refractivity (Wildman–Crippen MR) is 64.3 cm³/mol. The molecule has 0 spiro atoms. The van der Waals surface area contributed by atoms with Gasteiger partial charge in [0.1, 0.15) is 0 Å². The van der Waals surface area contributed by atoms with Crippen molar-refractivity contribution in [2.45, 2.75) is 19.0 Å². The smallest absolute Gasteiger partial charge is 0.0452 e. The molecular weight excluding hydrogens is 231 g/mol. The number of halogens is 2. The highest BCUT2D eigenvalue weighted by molar-refractivity contribution is 6.33. The van der Waals surface area contributed by atoms with Gasteiger partial charge in [-0.25, -0.2) is 0 Å². The molecule has 4 heteroatoms. The van der Waals surface area contributed by atoms with Crippen molar-refractivity contribution < 1.29 is 0 Å². The summed E-state index contributed by atoms with van der Waals surface area (Å²) < 4.78 is 0. The molecule has 82 valence electrons. The molecule has 15 heavy (non-hydrogen) atoms. The highest BCUT2D eigenvalue weighted by Crippen LogP contribution is 2.23. The van der Waals surface area contributed by atoms with E-state index in [9.17, 15) is 0 Å². The van der Waals surface area contributed by atoms with E-state index in [1.807, 2.05) is 18.2 Å². The van der Waals surface area contributed by atoms with Crippen molar-refractivity contribution in [3.05, 3.63) is 33.8 Å². The van der Waals surface area contributed by atoms with Gasteiger partial charge in [-0.05, 0) is 30.2 Å². The van der Waals surface area contributed by atoms with E-state index in [4.69, 9.17) is 28.9 Å². The van der Waals surface area contributed by atoms with Crippen molar-refractivity contribution in [2.24, 2.45) is 5.73 Å². The van der Waals surface area contributed by atoms with Gasteiger partial charge in [0.25, 0.3) is 0 Å². The fourth-order valence-electron chi connectivity index (χ4n) is 1.91. The molecule has 1 heterocycles. The van der Waals surface area contributed by atoms with Gasteiger partial charge in [0, 0.05) is 35.7 Å². The molecule has 1 atom stereocenters. The highest BCUT2D eigenvalue weighted by atomic mass is 35.5. The zero-order valence-electron chi connectivity index (χ0n) is 8.42. The Hall–Kier alpha value is -0.280. The van der Waals surface area contributed by atoms with Gasteiger partial charge < -0.3 is 5.73 Å². The van der Waals surface area contributed by atoms with Crippen LogP contribution in [0.5, 0.6) is 0 Å². The summed E-state index contributed by atoms with van der Waals surface area (Å²) in [6, 6.07) is 5.88. The quantitative estimate of drug-likeness (QED) is 0.867. The zero-order valence-corrected chi connectivity index (χ0v) is 9.93. The van der Waals surface area contributed by atoms with Crippen LogP contribution in [-0.2, 0) is 6.54 Å². The van der Waals surface area contributed by atoms with Gasteiger partial charge in [-0.2, -0.15) is 0 Å². The SMILES string of the molecule is N[C@@H]1CCN(Cc2cc(Cl)ccc2Cl)C1. The molecule has 1 saturated heterocycles. The number of likely N-dealkylation sites (tertiary alicyclic amines) is 1. The highest BCUT2D eigenvalue weighted by Gasteiger charge is 2.19. The molecule has 0 bridgehead atoms. The van der Waals surface area contributed by atoms with Crippen LogP contribution in [0.15, 0.2) is 18.2 Å². The molecular formula is C11H14Cl2N2. The second-order valence-electron chi connectivity index (χ2n) is 4.02. The molecule has 1 aromatic carbocycles. The molecule has 0 aromatic heterocycles.